The lowest BCUT2D eigenvalue weighted by Gasteiger charge is -2.36. The molecule has 9 nitrogen and oxygen atoms in total. The molecule has 4 N–H and O–H groups in total. The smallest absolute Gasteiger partial charge is 0.319 e. The van der Waals surface area contributed by atoms with Gasteiger partial charge >= 0.3 is 6.03 Å². The highest BCUT2D eigenvalue weighted by Crippen LogP contribution is 2.22. The average Bonchev–Trinajstić information content (AvgIpc) is 2.81. The van der Waals surface area contributed by atoms with Crippen molar-refractivity contribution in [3.63, 3.8) is 0 Å². The molecule has 2 heterocycles. The second-order valence-electron chi connectivity index (χ2n) is 7.66. The van der Waals surface area contributed by atoms with Gasteiger partial charge in [0.1, 0.15) is 11.9 Å². The predicted octanol–water partition coefficient (Wildman–Crippen LogP) is 1.87. The van der Waals surface area contributed by atoms with Crippen molar-refractivity contribution in [1.82, 2.24) is 15.6 Å². The molecule has 1 aromatic carbocycles. The molecule has 1 aromatic heterocycles. The number of nitrogens with one attached hydrogen (secondary N) is 3. The Labute approximate surface area is 187 Å². The lowest BCUT2D eigenvalue weighted by molar-refractivity contribution is -0.121. The lowest BCUT2D eigenvalue weighted by atomic mass is 9.97. The maximum absolute atomic E-state index is 12.3. The first-order valence-corrected chi connectivity index (χ1v) is 10.7. The third kappa shape index (κ3) is 7.21. The summed E-state index contributed by atoms with van der Waals surface area (Å²) in [6, 6.07) is 9.99. The molecule has 0 saturated carbocycles. The van der Waals surface area contributed by atoms with Gasteiger partial charge in [0.15, 0.2) is 0 Å². The largest absolute Gasteiger partial charge is 0.497 e. The molecule has 0 unspecified atom stereocenters. The zero-order chi connectivity index (χ0) is 22.8. The lowest BCUT2D eigenvalue weighted by Crippen LogP contribution is -2.52. The van der Waals surface area contributed by atoms with E-state index in [1.807, 2.05) is 12.1 Å². The third-order valence-corrected chi connectivity index (χ3v) is 5.36. The minimum Gasteiger partial charge on any atom is -0.497 e. The maximum Gasteiger partial charge on any atom is 0.319 e. The molecule has 2 aromatic rings. The molecule has 0 bridgehead atoms. The fraction of sp³-hybridized carbons (Fsp3) is 0.435. The topological polar surface area (TPSA) is 122 Å². The predicted molar refractivity (Wildman–Crippen MR) is 119 cm³/mol. The molecule has 3 amide bonds. The fourth-order valence-corrected chi connectivity index (χ4v) is 3.64. The molecular weight excluding hydrogens is 412 g/mol. The molecule has 1 fully saturated rings. The van der Waals surface area contributed by atoms with Crippen LogP contribution in [0.4, 0.5) is 10.5 Å². The Hall–Kier alpha value is -3.17. The van der Waals surface area contributed by atoms with Crippen molar-refractivity contribution < 1.29 is 24.2 Å². The van der Waals surface area contributed by atoms with Crippen LogP contribution < -0.4 is 20.7 Å². The number of pyridine rings is 1. The van der Waals surface area contributed by atoms with E-state index in [9.17, 15) is 14.7 Å². The van der Waals surface area contributed by atoms with Gasteiger partial charge in [0, 0.05) is 24.6 Å². The summed E-state index contributed by atoms with van der Waals surface area (Å²) < 4.78 is 11.1. The number of ether oxygens (including phenoxy) is 2. The van der Waals surface area contributed by atoms with Crippen LogP contribution in [0.25, 0.3) is 0 Å². The van der Waals surface area contributed by atoms with Crippen molar-refractivity contribution in [3.8, 4) is 5.75 Å². The number of nitrogens with zero attached hydrogens (tertiary/aromatic N) is 1. The molecule has 172 valence electrons. The molecule has 0 radical (unpaired) electrons. The summed E-state index contributed by atoms with van der Waals surface area (Å²) >= 11 is 0. The maximum atomic E-state index is 12.3. The highest BCUT2D eigenvalue weighted by molar-refractivity contribution is 5.89. The second kappa shape index (κ2) is 12.0. The first-order valence-electron chi connectivity index (χ1n) is 10.7. The van der Waals surface area contributed by atoms with Crippen LogP contribution in [0.5, 0.6) is 5.75 Å². The van der Waals surface area contributed by atoms with Gasteiger partial charge in [-0.1, -0.05) is 0 Å². The molecule has 1 aliphatic heterocycles. The van der Waals surface area contributed by atoms with Gasteiger partial charge in [-0.2, -0.15) is 0 Å². The van der Waals surface area contributed by atoms with Gasteiger partial charge in [-0.15, -0.1) is 0 Å². The highest BCUT2D eigenvalue weighted by Gasteiger charge is 2.31. The average molecular weight is 443 g/mol. The van der Waals surface area contributed by atoms with Gasteiger partial charge in [0.25, 0.3) is 0 Å². The number of carbonyl (C=O) groups excluding carboxylic acids is 2. The quantitative estimate of drug-likeness (QED) is 0.470. The van der Waals surface area contributed by atoms with Crippen LogP contribution in [-0.4, -0.2) is 60.5 Å². The number of carbonyl (C=O) groups is 2. The monoisotopic (exact) mass is 442 g/mol. The Bertz CT molecular complexity index is 862. The van der Waals surface area contributed by atoms with E-state index < -0.39 is 6.10 Å². The number of benzene rings is 1. The van der Waals surface area contributed by atoms with E-state index in [1.165, 1.54) is 0 Å². The van der Waals surface area contributed by atoms with E-state index in [4.69, 9.17) is 9.47 Å². The van der Waals surface area contributed by atoms with Crippen LogP contribution in [0.15, 0.2) is 48.8 Å². The summed E-state index contributed by atoms with van der Waals surface area (Å²) in [5.74, 6) is 0.650. The fourth-order valence-electron chi connectivity index (χ4n) is 3.64. The molecular formula is C23H30N4O5. The van der Waals surface area contributed by atoms with Gasteiger partial charge in [0.2, 0.25) is 5.91 Å². The van der Waals surface area contributed by atoms with Crippen molar-refractivity contribution >= 4 is 17.6 Å². The molecule has 0 aliphatic carbocycles. The Morgan fingerprint density at radius 1 is 1.16 bits per heavy atom. The van der Waals surface area contributed by atoms with E-state index in [2.05, 4.69) is 20.9 Å². The Balaban J connectivity index is 1.39. The van der Waals surface area contributed by atoms with Gasteiger partial charge in [0.05, 0.1) is 32.3 Å². The number of methoxy groups -OCH3 is 1. The normalized spacial score (nSPS) is 20.2. The third-order valence-electron chi connectivity index (χ3n) is 5.36. The van der Waals surface area contributed by atoms with Crippen molar-refractivity contribution in [2.75, 3.05) is 25.6 Å². The Morgan fingerprint density at radius 3 is 2.59 bits per heavy atom. The van der Waals surface area contributed by atoms with E-state index in [-0.39, 0.29) is 30.7 Å². The summed E-state index contributed by atoms with van der Waals surface area (Å²) in [6.45, 7) is 0.293. The van der Waals surface area contributed by atoms with E-state index in [1.54, 1.807) is 43.8 Å². The minimum absolute atomic E-state index is 0.0551. The minimum atomic E-state index is -0.497. The summed E-state index contributed by atoms with van der Waals surface area (Å²) in [4.78, 5) is 28.3. The first-order chi connectivity index (χ1) is 15.6. The molecule has 1 aliphatic rings. The van der Waals surface area contributed by atoms with Crippen LogP contribution in [0.1, 0.15) is 24.8 Å². The molecule has 3 rings (SSSR count). The summed E-state index contributed by atoms with van der Waals surface area (Å²) in [6.07, 6.45) is 5.09. The first kappa shape index (κ1) is 23.5. The number of hydrogen-bond acceptors (Lipinski definition) is 6. The number of amides is 3. The van der Waals surface area contributed by atoms with E-state index >= 15 is 0 Å². The number of anilines is 1. The zero-order valence-electron chi connectivity index (χ0n) is 18.1. The summed E-state index contributed by atoms with van der Waals surface area (Å²) in [5.41, 5.74) is 1.55. The van der Waals surface area contributed by atoms with Crippen molar-refractivity contribution in [2.24, 2.45) is 0 Å². The molecule has 0 spiro atoms. The van der Waals surface area contributed by atoms with Gasteiger partial charge in [-0.05, 0) is 61.2 Å². The number of urea groups is 1. The van der Waals surface area contributed by atoms with Crippen LogP contribution in [-0.2, 0) is 16.0 Å². The summed E-state index contributed by atoms with van der Waals surface area (Å²) in [5, 5.41) is 18.3. The highest BCUT2D eigenvalue weighted by atomic mass is 16.5. The molecule has 1 saturated heterocycles. The second-order valence-corrected chi connectivity index (χ2v) is 7.66. The molecule has 9 heteroatoms. The van der Waals surface area contributed by atoms with Crippen LogP contribution in [0.3, 0.4) is 0 Å². The van der Waals surface area contributed by atoms with Crippen molar-refractivity contribution in [2.45, 2.75) is 43.9 Å². The SMILES string of the molecule is COc1ccc(NC(=O)N[C@@H]2CC[C@H](CCNC(=O)Cc3ccncc3)O[C@H]2CO)cc1. The van der Waals surface area contributed by atoms with Crippen molar-refractivity contribution in [1.29, 1.82) is 0 Å². The van der Waals surface area contributed by atoms with Crippen LogP contribution in [0.2, 0.25) is 0 Å². The zero-order valence-corrected chi connectivity index (χ0v) is 18.1. The van der Waals surface area contributed by atoms with Gasteiger partial charge in [-0.3, -0.25) is 9.78 Å². The number of aliphatic hydroxyl groups is 1. The van der Waals surface area contributed by atoms with Crippen LogP contribution >= 0.6 is 0 Å². The van der Waals surface area contributed by atoms with Crippen LogP contribution in [0, 0.1) is 0 Å². The van der Waals surface area contributed by atoms with E-state index in [0.29, 0.717) is 37.2 Å². The van der Waals surface area contributed by atoms with Gasteiger partial charge in [-0.25, -0.2) is 4.79 Å². The summed E-state index contributed by atoms with van der Waals surface area (Å²) in [7, 11) is 1.58. The number of aromatic nitrogens is 1. The number of aliphatic hydroxyl groups excluding tert-OH is 1. The number of hydrogen-bond donors (Lipinski definition) is 4. The molecule has 32 heavy (non-hydrogen) atoms. The Morgan fingerprint density at radius 2 is 1.91 bits per heavy atom. The number of rotatable bonds is 9. The van der Waals surface area contributed by atoms with Gasteiger partial charge < -0.3 is 30.5 Å². The van der Waals surface area contributed by atoms with E-state index in [0.717, 1.165) is 12.0 Å². The van der Waals surface area contributed by atoms with Crippen molar-refractivity contribution in [3.05, 3.63) is 54.4 Å². The molecule has 3 atom stereocenters. The standard InChI is InChI=1S/C23H30N4O5/c1-31-18-4-2-17(3-5-18)26-23(30)27-20-7-6-19(32-21(20)15-28)10-13-25-22(29)14-16-8-11-24-12-9-16/h2-5,8-9,11-12,19-21,28H,6-7,10,13-15H2,1H3,(H,25,29)(H2,26,27,30)/t19-,20-,21+/m1/s1. The Kier molecular flexibility index (Phi) is 8.82.